The van der Waals surface area contributed by atoms with Gasteiger partial charge in [0.2, 0.25) is 0 Å². The Kier molecular flexibility index (Phi) is 6.39. The average Bonchev–Trinajstić information content (AvgIpc) is 3.50. The van der Waals surface area contributed by atoms with E-state index in [1.807, 2.05) is 6.92 Å². The van der Waals surface area contributed by atoms with Crippen molar-refractivity contribution in [2.45, 2.75) is 53.1 Å². The molecule has 1 aliphatic rings. The van der Waals surface area contributed by atoms with Crippen LogP contribution in [0.1, 0.15) is 69.2 Å². The van der Waals surface area contributed by atoms with Crippen LogP contribution >= 0.6 is 0 Å². The number of ether oxygens (including phenoxy) is 1. The number of amides is 1. The molecule has 1 aliphatic carbocycles. The van der Waals surface area contributed by atoms with Crippen molar-refractivity contribution in [3.63, 3.8) is 0 Å². The minimum Gasteiger partial charge on any atom is -0.461 e. The standard InChI is InChI=1S/C23H27FN2O4/c1-5-25-15(4)20(14(3)21(25)23(29)30-6-2)19(27)13-26(18-10-11-18)22(28)16-8-7-9-17(24)12-16/h7-9,12,18H,5-6,10-11,13H2,1-4H3. The Bertz CT molecular complexity index is 991. The van der Waals surface area contributed by atoms with Crippen LogP contribution < -0.4 is 0 Å². The number of Topliss-reactive ketones (excluding diaryl/α,β-unsaturated/α-hetero) is 1. The average molecular weight is 414 g/mol. The Morgan fingerprint density at radius 2 is 1.90 bits per heavy atom. The monoisotopic (exact) mass is 414 g/mol. The first-order valence-electron chi connectivity index (χ1n) is 10.3. The molecule has 1 heterocycles. The molecule has 0 spiro atoms. The lowest BCUT2D eigenvalue weighted by molar-refractivity contribution is 0.0512. The molecular weight excluding hydrogens is 387 g/mol. The van der Waals surface area contributed by atoms with Gasteiger partial charge in [0.15, 0.2) is 5.78 Å². The summed E-state index contributed by atoms with van der Waals surface area (Å²) in [5.41, 5.74) is 2.28. The van der Waals surface area contributed by atoms with Gasteiger partial charge >= 0.3 is 5.97 Å². The summed E-state index contributed by atoms with van der Waals surface area (Å²) in [6.45, 7) is 7.80. The number of carbonyl (C=O) groups is 3. The number of carbonyl (C=O) groups excluding carboxylic acids is 3. The van der Waals surface area contributed by atoms with E-state index in [9.17, 15) is 18.8 Å². The molecule has 0 radical (unpaired) electrons. The Morgan fingerprint density at radius 1 is 1.20 bits per heavy atom. The number of nitrogens with zero attached hydrogens (tertiary/aromatic N) is 2. The predicted octanol–water partition coefficient (Wildman–Crippen LogP) is 3.93. The van der Waals surface area contributed by atoms with Gasteiger partial charge in [-0.3, -0.25) is 9.59 Å². The van der Waals surface area contributed by atoms with Gasteiger partial charge in [-0.2, -0.15) is 0 Å². The van der Waals surface area contributed by atoms with E-state index >= 15 is 0 Å². The van der Waals surface area contributed by atoms with E-state index in [0.717, 1.165) is 12.8 Å². The molecule has 3 rings (SSSR count). The zero-order valence-electron chi connectivity index (χ0n) is 17.8. The summed E-state index contributed by atoms with van der Waals surface area (Å²) in [5, 5.41) is 0. The molecule has 0 unspecified atom stereocenters. The highest BCUT2D eigenvalue weighted by Crippen LogP contribution is 2.30. The van der Waals surface area contributed by atoms with Gasteiger partial charge in [-0.05, 0) is 64.3 Å². The van der Waals surface area contributed by atoms with Crippen LogP contribution in [0.25, 0.3) is 0 Å². The summed E-state index contributed by atoms with van der Waals surface area (Å²) in [6, 6.07) is 5.47. The second kappa shape index (κ2) is 8.81. The Hall–Kier alpha value is -2.96. The zero-order valence-corrected chi connectivity index (χ0v) is 17.8. The highest BCUT2D eigenvalue weighted by molar-refractivity contribution is 6.06. The van der Waals surface area contributed by atoms with E-state index in [-0.39, 0.29) is 36.4 Å². The van der Waals surface area contributed by atoms with E-state index in [2.05, 4.69) is 0 Å². The minimum atomic E-state index is -0.492. The van der Waals surface area contributed by atoms with Gasteiger partial charge in [0, 0.05) is 29.4 Å². The van der Waals surface area contributed by atoms with Crippen LogP contribution in [0, 0.1) is 19.7 Å². The van der Waals surface area contributed by atoms with E-state index in [0.29, 0.717) is 29.1 Å². The molecule has 6 nitrogen and oxygen atoms in total. The number of halogens is 1. The SMILES string of the molecule is CCOC(=O)c1c(C)c(C(=O)CN(C(=O)c2cccc(F)c2)C2CC2)c(C)n1CC. The lowest BCUT2D eigenvalue weighted by Crippen LogP contribution is -2.37. The molecule has 2 aromatic rings. The van der Waals surface area contributed by atoms with Gasteiger partial charge in [0.05, 0.1) is 13.2 Å². The lowest BCUT2D eigenvalue weighted by atomic mass is 10.0. The van der Waals surface area contributed by atoms with Gasteiger partial charge in [0.1, 0.15) is 11.5 Å². The van der Waals surface area contributed by atoms with E-state index in [1.165, 1.54) is 23.1 Å². The van der Waals surface area contributed by atoms with Crippen LogP contribution in [0.2, 0.25) is 0 Å². The molecule has 7 heteroatoms. The molecule has 1 aromatic carbocycles. The number of rotatable bonds is 8. The Balaban J connectivity index is 1.92. The molecule has 1 amide bonds. The van der Waals surface area contributed by atoms with Crippen LogP contribution in [0.15, 0.2) is 24.3 Å². The molecule has 0 saturated heterocycles. The third-order valence-corrected chi connectivity index (χ3v) is 5.46. The molecule has 1 aromatic heterocycles. The molecular formula is C23H27FN2O4. The van der Waals surface area contributed by atoms with Crippen molar-refractivity contribution in [1.82, 2.24) is 9.47 Å². The Morgan fingerprint density at radius 3 is 2.47 bits per heavy atom. The van der Waals surface area contributed by atoms with Crippen LogP contribution in [-0.2, 0) is 11.3 Å². The first kappa shape index (κ1) is 21.7. The van der Waals surface area contributed by atoms with E-state index < -0.39 is 11.8 Å². The van der Waals surface area contributed by atoms with Crippen molar-refractivity contribution < 1.29 is 23.5 Å². The smallest absolute Gasteiger partial charge is 0.355 e. The van der Waals surface area contributed by atoms with Crippen LogP contribution in [0.3, 0.4) is 0 Å². The second-order valence-corrected chi connectivity index (χ2v) is 7.50. The van der Waals surface area contributed by atoms with E-state index in [1.54, 1.807) is 31.4 Å². The van der Waals surface area contributed by atoms with Gasteiger partial charge in [-0.15, -0.1) is 0 Å². The van der Waals surface area contributed by atoms with Gasteiger partial charge in [-0.25, -0.2) is 9.18 Å². The first-order valence-corrected chi connectivity index (χ1v) is 10.3. The normalized spacial score (nSPS) is 13.2. The van der Waals surface area contributed by atoms with Crippen molar-refractivity contribution in [2.75, 3.05) is 13.2 Å². The van der Waals surface area contributed by atoms with Crippen LogP contribution in [0.4, 0.5) is 4.39 Å². The zero-order chi connectivity index (χ0) is 22.0. The van der Waals surface area contributed by atoms with Crippen molar-refractivity contribution in [3.8, 4) is 0 Å². The third kappa shape index (κ3) is 4.15. The summed E-state index contributed by atoms with van der Waals surface area (Å²) >= 11 is 0. The summed E-state index contributed by atoms with van der Waals surface area (Å²) in [4.78, 5) is 40.2. The maximum absolute atomic E-state index is 13.6. The van der Waals surface area contributed by atoms with Gasteiger partial charge < -0.3 is 14.2 Å². The minimum absolute atomic E-state index is 0.0249. The van der Waals surface area contributed by atoms with E-state index in [4.69, 9.17) is 4.74 Å². The molecule has 0 N–H and O–H groups in total. The Labute approximate surface area is 175 Å². The fourth-order valence-electron chi connectivity index (χ4n) is 3.94. The predicted molar refractivity (Wildman–Crippen MR) is 110 cm³/mol. The highest BCUT2D eigenvalue weighted by Gasteiger charge is 2.36. The molecule has 1 saturated carbocycles. The fourth-order valence-corrected chi connectivity index (χ4v) is 3.94. The second-order valence-electron chi connectivity index (χ2n) is 7.50. The third-order valence-electron chi connectivity index (χ3n) is 5.46. The van der Waals surface area contributed by atoms with Crippen LogP contribution in [-0.4, -0.2) is 46.3 Å². The topological polar surface area (TPSA) is 68.6 Å². The number of hydrogen-bond donors (Lipinski definition) is 0. The maximum atomic E-state index is 13.6. The summed E-state index contributed by atoms with van der Waals surface area (Å²) in [7, 11) is 0. The molecule has 0 aliphatic heterocycles. The largest absolute Gasteiger partial charge is 0.461 e. The molecule has 0 atom stereocenters. The van der Waals surface area contributed by atoms with Crippen molar-refractivity contribution in [1.29, 1.82) is 0 Å². The highest BCUT2D eigenvalue weighted by atomic mass is 19.1. The number of ketones is 1. The number of benzene rings is 1. The molecule has 1 fully saturated rings. The number of esters is 1. The first-order chi connectivity index (χ1) is 14.3. The summed E-state index contributed by atoms with van der Waals surface area (Å²) in [5.74, 6) is -1.55. The molecule has 160 valence electrons. The molecule has 30 heavy (non-hydrogen) atoms. The quantitative estimate of drug-likeness (QED) is 0.485. The van der Waals surface area contributed by atoms with Crippen molar-refractivity contribution in [2.24, 2.45) is 0 Å². The van der Waals surface area contributed by atoms with Crippen molar-refractivity contribution >= 4 is 17.7 Å². The lowest BCUT2D eigenvalue weighted by Gasteiger charge is -2.22. The van der Waals surface area contributed by atoms with Gasteiger partial charge in [0.25, 0.3) is 5.91 Å². The summed E-state index contributed by atoms with van der Waals surface area (Å²) in [6.07, 6.45) is 1.63. The van der Waals surface area contributed by atoms with Crippen LogP contribution in [0.5, 0.6) is 0 Å². The fraction of sp³-hybridized carbons (Fsp3) is 0.435. The number of aromatic nitrogens is 1. The van der Waals surface area contributed by atoms with Crippen molar-refractivity contribution in [3.05, 3.63) is 58.2 Å². The molecule has 0 bridgehead atoms. The number of hydrogen-bond acceptors (Lipinski definition) is 4. The van der Waals surface area contributed by atoms with Gasteiger partial charge in [-0.1, -0.05) is 6.07 Å². The maximum Gasteiger partial charge on any atom is 0.355 e. The summed E-state index contributed by atoms with van der Waals surface area (Å²) < 4.78 is 20.5.